The maximum atomic E-state index is 12.4. The first-order chi connectivity index (χ1) is 11.5. The molecule has 1 aromatic carbocycles. The van der Waals surface area contributed by atoms with Crippen LogP contribution in [0.15, 0.2) is 24.3 Å². The Morgan fingerprint density at radius 2 is 1.72 bits per heavy atom. The highest BCUT2D eigenvalue weighted by Gasteiger charge is 2.26. The SMILES string of the molecule is CSCC[C@H](N)C(=O)N1CCN(C(=O)Cc2ccc(Cl)cc2)CC1.Cl. The smallest absolute Gasteiger partial charge is 0.239 e. The minimum absolute atomic E-state index is 0. The topological polar surface area (TPSA) is 66.6 Å². The van der Waals surface area contributed by atoms with E-state index in [9.17, 15) is 9.59 Å². The van der Waals surface area contributed by atoms with Gasteiger partial charge in [-0.1, -0.05) is 23.7 Å². The van der Waals surface area contributed by atoms with Crippen LogP contribution in [0.4, 0.5) is 0 Å². The van der Waals surface area contributed by atoms with Crippen LogP contribution in [0.1, 0.15) is 12.0 Å². The number of halogens is 2. The average molecular weight is 406 g/mol. The van der Waals surface area contributed by atoms with Crippen molar-refractivity contribution in [2.45, 2.75) is 18.9 Å². The van der Waals surface area contributed by atoms with Gasteiger partial charge >= 0.3 is 0 Å². The van der Waals surface area contributed by atoms with Crippen molar-refractivity contribution in [3.05, 3.63) is 34.9 Å². The van der Waals surface area contributed by atoms with Crippen molar-refractivity contribution in [2.75, 3.05) is 38.2 Å². The van der Waals surface area contributed by atoms with Gasteiger partial charge in [-0.15, -0.1) is 12.4 Å². The van der Waals surface area contributed by atoms with E-state index in [-0.39, 0.29) is 24.2 Å². The average Bonchev–Trinajstić information content (AvgIpc) is 2.61. The van der Waals surface area contributed by atoms with Crippen LogP contribution in [0.3, 0.4) is 0 Å². The van der Waals surface area contributed by atoms with E-state index in [1.165, 1.54) is 0 Å². The molecule has 0 saturated carbocycles. The first kappa shape index (κ1) is 22.1. The number of thioether (sulfide) groups is 1. The van der Waals surface area contributed by atoms with Crippen molar-refractivity contribution in [3.63, 3.8) is 0 Å². The molecule has 0 radical (unpaired) electrons. The van der Waals surface area contributed by atoms with Crippen LogP contribution < -0.4 is 5.73 Å². The Balaban J connectivity index is 0.00000312. The van der Waals surface area contributed by atoms with E-state index in [1.54, 1.807) is 28.8 Å². The van der Waals surface area contributed by atoms with E-state index in [1.807, 2.05) is 23.3 Å². The van der Waals surface area contributed by atoms with Crippen molar-refractivity contribution >= 4 is 47.6 Å². The first-order valence-corrected chi connectivity index (χ1v) is 9.84. The van der Waals surface area contributed by atoms with Gasteiger partial charge in [0.1, 0.15) is 0 Å². The number of piperazine rings is 1. The number of carbonyl (C=O) groups is 2. The molecule has 1 heterocycles. The minimum Gasteiger partial charge on any atom is -0.339 e. The summed E-state index contributed by atoms with van der Waals surface area (Å²) in [5, 5.41) is 0.663. The van der Waals surface area contributed by atoms with Crippen LogP contribution in [-0.2, 0) is 16.0 Å². The van der Waals surface area contributed by atoms with Crippen LogP contribution in [0, 0.1) is 0 Å². The Hall–Kier alpha value is -0.950. The van der Waals surface area contributed by atoms with Gasteiger partial charge in [-0.3, -0.25) is 9.59 Å². The molecule has 5 nitrogen and oxygen atoms in total. The maximum absolute atomic E-state index is 12.4. The normalized spacial score (nSPS) is 15.5. The lowest BCUT2D eigenvalue weighted by Crippen LogP contribution is -2.54. The number of rotatable bonds is 6. The molecule has 0 spiro atoms. The monoisotopic (exact) mass is 405 g/mol. The van der Waals surface area contributed by atoms with Gasteiger partial charge in [-0.05, 0) is 36.1 Å². The predicted octanol–water partition coefficient (Wildman–Crippen LogP) is 2.06. The van der Waals surface area contributed by atoms with Crippen molar-refractivity contribution < 1.29 is 9.59 Å². The largest absolute Gasteiger partial charge is 0.339 e. The lowest BCUT2D eigenvalue weighted by atomic mass is 10.1. The van der Waals surface area contributed by atoms with Gasteiger partial charge in [-0.25, -0.2) is 0 Å². The van der Waals surface area contributed by atoms with E-state index in [2.05, 4.69) is 0 Å². The zero-order valence-corrected chi connectivity index (χ0v) is 16.7. The molecule has 8 heteroatoms. The summed E-state index contributed by atoms with van der Waals surface area (Å²) in [7, 11) is 0. The summed E-state index contributed by atoms with van der Waals surface area (Å²) >= 11 is 7.54. The molecular weight excluding hydrogens is 381 g/mol. The zero-order chi connectivity index (χ0) is 17.5. The lowest BCUT2D eigenvalue weighted by molar-refractivity contribution is -0.140. The highest BCUT2D eigenvalue weighted by atomic mass is 35.5. The van der Waals surface area contributed by atoms with Crippen LogP contribution in [0.5, 0.6) is 0 Å². The van der Waals surface area contributed by atoms with Gasteiger partial charge in [0, 0.05) is 31.2 Å². The quantitative estimate of drug-likeness (QED) is 0.786. The minimum atomic E-state index is -0.436. The molecule has 0 aliphatic carbocycles. The number of nitrogens with two attached hydrogens (primary N) is 1. The molecule has 1 saturated heterocycles. The third-order valence-electron chi connectivity index (χ3n) is 4.16. The Morgan fingerprint density at radius 1 is 1.16 bits per heavy atom. The molecule has 2 rings (SSSR count). The molecule has 0 aromatic heterocycles. The van der Waals surface area contributed by atoms with E-state index in [0.717, 1.165) is 11.3 Å². The predicted molar refractivity (Wildman–Crippen MR) is 107 cm³/mol. The molecule has 0 bridgehead atoms. The van der Waals surface area contributed by atoms with Crippen LogP contribution in [0.2, 0.25) is 5.02 Å². The first-order valence-electron chi connectivity index (χ1n) is 8.07. The third-order valence-corrected chi connectivity index (χ3v) is 5.06. The molecule has 1 fully saturated rings. The van der Waals surface area contributed by atoms with Crippen LogP contribution in [0.25, 0.3) is 0 Å². The number of carbonyl (C=O) groups excluding carboxylic acids is 2. The summed E-state index contributed by atoms with van der Waals surface area (Å²) < 4.78 is 0. The fourth-order valence-electron chi connectivity index (χ4n) is 2.67. The van der Waals surface area contributed by atoms with Crippen molar-refractivity contribution in [2.24, 2.45) is 5.73 Å². The number of amides is 2. The highest BCUT2D eigenvalue weighted by Crippen LogP contribution is 2.12. The summed E-state index contributed by atoms with van der Waals surface area (Å²) in [5.41, 5.74) is 6.89. The van der Waals surface area contributed by atoms with E-state index < -0.39 is 6.04 Å². The number of hydrogen-bond donors (Lipinski definition) is 1. The Labute approximate surface area is 164 Å². The number of hydrogen-bond acceptors (Lipinski definition) is 4. The van der Waals surface area contributed by atoms with Gasteiger partial charge in [0.15, 0.2) is 0 Å². The van der Waals surface area contributed by atoms with Crippen molar-refractivity contribution in [1.82, 2.24) is 9.80 Å². The van der Waals surface area contributed by atoms with Crippen molar-refractivity contribution in [1.29, 1.82) is 0 Å². The summed E-state index contributed by atoms with van der Waals surface area (Å²) in [4.78, 5) is 28.2. The molecule has 2 amide bonds. The highest BCUT2D eigenvalue weighted by molar-refractivity contribution is 7.98. The zero-order valence-electron chi connectivity index (χ0n) is 14.3. The van der Waals surface area contributed by atoms with Crippen molar-refractivity contribution in [3.8, 4) is 0 Å². The van der Waals surface area contributed by atoms with Gasteiger partial charge in [0.25, 0.3) is 0 Å². The van der Waals surface area contributed by atoms with Gasteiger partial charge in [0.05, 0.1) is 12.5 Å². The standard InChI is InChI=1S/C17H24ClN3O2S.ClH/c1-24-11-6-15(19)17(23)21-9-7-20(8-10-21)16(22)12-13-2-4-14(18)5-3-13;/h2-5,15H,6-12,19H2,1H3;1H/t15-;/m0./s1. The summed E-state index contributed by atoms with van der Waals surface area (Å²) in [6.07, 6.45) is 3.05. The third kappa shape index (κ3) is 6.70. The number of benzene rings is 1. The van der Waals surface area contributed by atoms with Crippen LogP contribution in [-0.4, -0.2) is 65.8 Å². The van der Waals surface area contributed by atoms with Gasteiger partial charge in [-0.2, -0.15) is 11.8 Å². The molecular formula is C17H25Cl2N3O2S. The Kier molecular flexibility index (Phi) is 9.64. The molecule has 1 aliphatic heterocycles. The fraction of sp³-hybridized carbons (Fsp3) is 0.529. The lowest BCUT2D eigenvalue weighted by Gasteiger charge is -2.36. The second-order valence-corrected chi connectivity index (χ2v) is 7.32. The van der Waals surface area contributed by atoms with E-state index >= 15 is 0 Å². The maximum Gasteiger partial charge on any atom is 0.239 e. The van der Waals surface area contributed by atoms with E-state index in [4.69, 9.17) is 17.3 Å². The van der Waals surface area contributed by atoms with Crippen LogP contribution >= 0.6 is 35.8 Å². The second-order valence-electron chi connectivity index (χ2n) is 5.90. The van der Waals surface area contributed by atoms with Gasteiger partial charge in [0.2, 0.25) is 11.8 Å². The number of nitrogens with zero attached hydrogens (tertiary/aromatic N) is 2. The summed E-state index contributed by atoms with van der Waals surface area (Å²) in [5.74, 6) is 0.955. The summed E-state index contributed by atoms with van der Waals surface area (Å²) in [6, 6.07) is 6.87. The molecule has 1 atom stereocenters. The molecule has 2 N–H and O–H groups in total. The fourth-order valence-corrected chi connectivity index (χ4v) is 3.28. The molecule has 1 aliphatic rings. The Morgan fingerprint density at radius 3 is 2.28 bits per heavy atom. The molecule has 140 valence electrons. The molecule has 0 unspecified atom stereocenters. The molecule has 1 aromatic rings. The second kappa shape index (κ2) is 10.9. The Bertz CT molecular complexity index is 564. The summed E-state index contributed by atoms with van der Waals surface area (Å²) in [6.45, 7) is 2.23. The molecule has 25 heavy (non-hydrogen) atoms. The van der Waals surface area contributed by atoms with E-state index in [0.29, 0.717) is 44.0 Å². The van der Waals surface area contributed by atoms with Gasteiger partial charge < -0.3 is 15.5 Å².